The fourth-order valence-corrected chi connectivity index (χ4v) is 3.22. The van der Waals surface area contributed by atoms with Crippen LogP contribution in [-0.4, -0.2) is 12.2 Å². The second-order valence-electron chi connectivity index (χ2n) is 4.34. The van der Waals surface area contributed by atoms with Gasteiger partial charge in [0.05, 0.1) is 13.2 Å². The first-order valence-electron chi connectivity index (χ1n) is 5.96. The van der Waals surface area contributed by atoms with Crippen LogP contribution in [0, 0.1) is 3.57 Å². The molecule has 0 fully saturated rings. The lowest BCUT2D eigenvalue weighted by Crippen LogP contribution is -2.04. The molecule has 1 N–H and O–H groups in total. The average Bonchev–Trinajstić information content (AvgIpc) is 2.41. The van der Waals surface area contributed by atoms with Crippen LogP contribution in [0.1, 0.15) is 17.2 Å². The van der Waals surface area contributed by atoms with Gasteiger partial charge in [0.2, 0.25) is 0 Å². The quantitative estimate of drug-likeness (QED) is 0.642. The molecule has 2 rings (SSSR count). The molecule has 5 heteroatoms. The zero-order valence-electron chi connectivity index (χ0n) is 10.7. The number of ether oxygens (including phenoxy) is 1. The van der Waals surface area contributed by atoms with E-state index in [1.165, 1.54) is 0 Å². The van der Waals surface area contributed by atoms with Gasteiger partial charge in [-0.15, -0.1) is 0 Å². The Morgan fingerprint density at radius 1 is 1.30 bits per heavy atom. The van der Waals surface area contributed by atoms with Gasteiger partial charge in [-0.25, -0.2) is 0 Å². The van der Waals surface area contributed by atoms with Gasteiger partial charge in [0.25, 0.3) is 0 Å². The van der Waals surface area contributed by atoms with E-state index in [0.717, 1.165) is 24.9 Å². The summed E-state index contributed by atoms with van der Waals surface area (Å²) in [6.45, 7) is 0. The Kier molecular flexibility index (Phi) is 5.72. The molecule has 1 unspecified atom stereocenters. The number of rotatable bonds is 4. The molecule has 0 radical (unpaired) electrons. The standard InChI is InChI=1S/C15H13BrClIO2/c1-20-15-5-2-10(17)6-9(15)7-14(19)12-8-11(18)3-4-13(12)16/h2-6,8,14,19H,7H2,1H3. The van der Waals surface area contributed by atoms with Gasteiger partial charge >= 0.3 is 0 Å². The van der Waals surface area contributed by atoms with Crippen LogP contribution < -0.4 is 4.74 Å². The van der Waals surface area contributed by atoms with E-state index in [-0.39, 0.29) is 0 Å². The van der Waals surface area contributed by atoms with Gasteiger partial charge in [0.15, 0.2) is 0 Å². The van der Waals surface area contributed by atoms with Gasteiger partial charge in [0.1, 0.15) is 5.75 Å². The first-order valence-corrected chi connectivity index (χ1v) is 8.21. The van der Waals surface area contributed by atoms with Crippen LogP contribution in [0.15, 0.2) is 40.9 Å². The highest BCUT2D eigenvalue weighted by Crippen LogP contribution is 2.31. The topological polar surface area (TPSA) is 29.5 Å². The monoisotopic (exact) mass is 466 g/mol. The summed E-state index contributed by atoms with van der Waals surface area (Å²) in [5.41, 5.74) is 1.75. The lowest BCUT2D eigenvalue weighted by molar-refractivity contribution is 0.176. The van der Waals surface area contributed by atoms with Crippen molar-refractivity contribution in [3.8, 4) is 5.75 Å². The molecule has 0 aliphatic carbocycles. The summed E-state index contributed by atoms with van der Waals surface area (Å²) in [5.74, 6) is 0.732. The fraction of sp³-hybridized carbons (Fsp3) is 0.200. The molecule has 0 heterocycles. The number of halogens is 3. The maximum absolute atomic E-state index is 10.5. The first kappa shape index (κ1) is 16.1. The number of aliphatic hydroxyl groups is 1. The molecule has 1 atom stereocenters. The van der Waals surface area contributed by atoms with Crippen molar-refractivity contribution in [2.45, 2.75) is 12.5 Å². The Balaban J connectivity index is 2.29. The van der Waals surface area contributed by atoms with E-state index in [1.807, 2.05) is 30.3 Å². The van der Waals surface area contributed by atoms with Gasteiger partial charge < -0.3 is 9.84 Å². The van der Waals surface area contributed by atoms with Crippen LogP contribution >= 0.6 is 50.1 Å². The molecule has 2 nitrogen and oxygen atoms in total. The Morgan fingerprint density at radius 2 is 2.05 bits per heavy atom. The first-order chi connectivity index (χ1) is 9.51. The molecule has 0 aliphatic rings. The van der Waals surface area contributed by atoms with E-state index in [9.17, 15) is 5.11 Å². The van der Waals surface area contributed by atoms with Crippen LogP contribution in [0.2, 0.25) is 5.02 Å². The maximum Gasteiger partial charge on any atom is 0.122 e. The number of methoxy groups -OCH3 is 1. The van der Waals surface area contributed by atoms with Crippen molar-refractivity contribution in [3.05, 3.63) is 60.6 Å². The van der Waals surface area contributed by atoms with Crippen molar-refractivity contribution in [3.63, 3.8) is 0 Å². The molecule has 0 aromatic heterocycles. The molecular weight excluding hydrogens is 454 g/mol. The van der Waals surface area contributed by atoms with Crippen LogP contribution in [0.5, 0.6) is 5.75 Å². The summed E-state index contributed by atoms with van der Waals surface area (Å²) in [6, 6.07) is 11.3. The molecule has 0 bridgehead atoms. The Hall–Kier alpha value is -0.300. The SMILES string of the molecule is COc1ccc(Cl)cc1CC(O)c1cc(I)ccc1Br. The van der Waals surface area contributed by atoms with Gasteiger partial charge in [-0.3, -0.25) is 0 Å². The third kappa shape index (κ3) is 3.87. The Labute approximate surface area is 145 Å². The number of hydrogen-bond acceptors (Lipinski definition) is 2. The largest absolute Gasteiger partial charge is 0.496 e. The zero-order valence-corrected chi connectivity index (χ0v) is 15.2. The zero-order chi connectivity index (χ0) is 14.7. The fourth-order valence-electron chi connectivity index (χ4n) is 1.99. The van der Waals surface area contributed by atoms with Crippen LogP contribution in [0.3, 0.4) is 0 Å². The van der Waals surface area contributed by atoms with E-state index in [2.05, 4.69) is 38.5 Å². The van der Waals surface area contributed by atoms with Crippen LogP contribution in [0.4, 0.5) is 0 Å². The van der Waals surface area contributed by atoms with Crippen molar-refractivity contribution >= 4 is 50.1 Å². The summed E-state index contributed by atoms with van der Waals surface area (Å²) in [6.07, 6.45) is -0.172. The third-order valence-corrected chi connectivity index (χ3v) is 4.60. The highest BCUT2D eigenvalue weighted by Gasteiger charge is 2.15. The molecule has 2 aromatic carbocycles. The van der Waals surface area contributed by atoms with Gasteiger partial charge in [-0.1, -0.05) is 27.5 Å². The predicted octanol–water partition coefficient (Wildman–Crippen LogP) is 4.99. The Bertz CT molecular complexity index is 619. The highest BCUT2D eigenvalue weighted by atomic mass is 127. The molecule has 20 heavy (non-hydrogen) atoms. The lowest BCUT2D eigenvalue weighted by atomic mass is 10.0. The summed E-state index contributed by atoms with van der Waals surface area (Å²) in [5, 5.41) is 11.1. The normalized spacial score (nSPS) is 12.2. The molecular formula is C15H13BrClIO2. The minimum Gasteiger partial charge on any atom is -0.496 e. The van der Waals surface area contributed by atoms with Crippen molar-refractivity contribution in [1.82, 2.24) is 0 Å². The highest BCUT2D eigenvalue weighted by molar-refractivity contribution is 14.1. The summed E-state index contributed by atoms with van der Waals surface area (Å²) < 4.78 is 7.28. The summed E-state index contributed by atoms with van der Waals surface area (Å²) in [7, 11) is 1.61. The smallest absolute Gasteiger partial charge is 0.122 e. The van der Waals surface area contributed by atoms with Crippen molar-refractivity contribution in [2.75, 3.05) is 7.11 Å². The molecule has 0 saturated heterocycles. The van der Waals surface area contributed by atoms with E-state index >= 15 is 0 Å². The molecule has 0 amide bonds. The van der Waals surface area contributed by atoms with E-state index in [1.54, 1.807) is 13.2 Å². The average molecular weight is 468 g/mol. The van der Waals surface area contributed by atoms with Crippen molar-refractivity contribution in [1.29, 1.82) is 0 Å². The van der Waals surface area contributed by atoms with Crippen molar-refractivity contribution in [2.24, 2.45) is 0 Å². The second kappa shape index (κ2) is 7.11. The molecule has 0 aliphatic heterocycles. The number of benzene rings is 2. The summed E-state index contributed by atoms with van der Waals surface area (Å²) >= 11 is 11.7. The van der Waals surface area contributed by atoms with E-state index in [0.29, 0.717) is 11.4 Å². The summed E-state index contributed by atoms with van der Waals surface area (Å²) in [4.78, 5) is 0. The van der Waals surface area contributed by atoms with Gasteiger partial charge in [-0.2, -0.15) is 0 Å². The second-order valence-corrected chi connectivity index (χ2v) is 6.88. The van der Waals surface area contributed by atoms with Crippen LogP contribution in [0.25, 0.3) is 0 Å². The van der Waals surface area contributed by atoms with Crippen LogP contribution in [-0.2, 0) is 6.42 Å². The lowest BCUT2D eigenvalue weighted by Gasteiger charge is -2.16. The molecule has 106 valence electrons. The maximum atomic E-state index is 10.5. The minimum atomic E-state index is -0.619. The predicted molar refractivity (Wildman–Crippen MR) is 93.5 cm³/mol. The van der Waals surface area contributed by atoms with Crippen molar-refractivity contribution < 1.29 is 9.84 Å². The van der Waals surface area contributed by atoms with Gasteiger partial charge in [-0.05, 0) is 70.1 Å². The number of hydrogen-bond donors (Lipinski definition) is 1. The van der Waals surface area contributed by atoms with Gasteiger partial charge in [0, 0.05) is 19.5 Å². The molecule has 0 saturated carbocycles. The minimum absolute atomic E-state index is 0.447. The molecule has 2 aromatic rings. The van der Waals surface area contributed by atoms with E-state index in [4.69, 9.17) is 16.3 Å². The third-order valence-electron chi connectivity index (χ3n) is 2.97. The van der Waals surface area contributed by atoms with E-state index < -0.39 is 6.10 Å². The molecule has 0 spiro atoms. The number of aliphatic hydroxyl groups excluding tert-OH is 1. The Morgan fingerprint density at radius 3 is 2.75 bits per heavy atom.